The molecule has 0 saturated heterocycles. The van der Waals surface area contributed by atoms with Crippen LogP contribution in [0, 0.1) is 22.2 Å². The molecule has 1 atom stereocenters. The fourth-order valence-electron chi connectivity index (χ4n) is 1.24. The van der Waals surface area contributed by atoms with E-state index in [2.05, 4.69) is 22.6 Å². The van der Waals surface area contributed by atoms with Gasteiger partial charge in [0.25, 0.3) is 0 Å². The van der Waals surface area contributed by atoms with Crippen molar-refractivity contribution in [2.24, 2.45) is 11.7 Å². The van der Waals surface area contributed by atoms with E-state index in [1.165, 1.54) is 0 Å². The molecule has 2 N–H and O–H groups in total. The van der Waals surface area contributed by atoms with Gasteiger partial charge in [-0.2, -0.15) is 0 Å². The highest BCUT2D eigenvalue weighted by Crippen LogP contribution is 2.24. The molecule has 0 aromatic heterocycles. The molecule has 1 rings (SSSR count). The monoisotopic (exact) mass is 307 g/mol. The summed E-state index contributed by atoms with van der Waals surface area (Å²) in [6.45, 7) is 5.85. The van der Waals surface area contributed by atoms with E-state index in [0.29, 0.717) is 11.5 Å². The van der Waals surface area contributed by atoms with Crippen LogP contribution in [0.2, 0.25) is 0 Å². The second-order valence-corrected chi connectivity index (χ2v) is 5.04. The van der Waals surface area contributed by atoms with Gasteiger partial charge in [0.05, 0.1) is 0 Å². The van der Waals surface area contributed by atoms with Gasteiger partial charge >= 0.3 is 0 Å². The fourth-order valence-corrected chi connectivity index (χ4v) is 1.86. The first kappa shape index (κ1) is 11.9. The molecule has 0 fully saturated rings. The molecule has 0 saturated carbocycles. The molecule has 78 valence electrons. The second kappa shape index (κ2) is 4.57. The van der Waals surface area contributed by atoms with Gasteiger partial charge in [0.15, 0.2) is 0 Å². The van der Waals surface area contributed by atoms with Crippen LogP contribution in [0.5, 0.6) is 0 Å². The normalized spacial score (nSPS) is 13.4. The van der Waals surface area contributed by atoms with Crippen molar-refractivity contribution in [3.8, 4) is 0 Å². The minimum Gasteiger partial charge on any atom is -0.324 e. The van der Waals surface area contributed by atoms with Crippen LogP contribution in [0.1, 0.15) is 31.0 Å². The van der Waals surface area contributed by atoms with Crippen LogP contribution < -0.4 is 5.73 Å². The average Bonchev–Trinajstić information content (AvgIpc) is 2.12. The van der Waals surface area contributed by atoms with E-state index in [1.54, 1.807) is 13.0 Å². The van der Waals surface area contributed by atoms with Crippen LogP contribution in [-0.4, -0.2) is 0 Å². The lowest BCUT2D eigenvalue weighted by Gasteiger charge is -2.17. The van der Waals surface area contributed by atoms with Crippen LogP contribution in [-0.2, 0) is 0 Å². The predicted octanol–water partition coefficient (Wildman–Crippen LogP) is 3.39. The molecule has 14 heavy (non-hydrogen) atoms. The van der Waals surface area contributed by atoms with Crippen LogP contribution in [0.15, 0.2) is 12.1 Å². The topological polar surface area (TPSA) is 26.0 Å². The Labute approximate surface area is 98.0 Å². The summed E-state index contributed by atoms with van der Waals surface area (Å²) >= 11 is 2.14. The molecular formula is C11H15FIN. The Hall–Kier alpha value is -0.160. The van der Waals surface area contributed by atoms with Gasteiger partial charge in [0.1, 0.15) is 5.82 Å². The first-order chi connectivity index (χ1) is 6.43. The Morgan fingerprint density at radius 2 is 1.93 bits per heavy atom. The molecule has 0 aliphatic rings. The molecule has 0 spiro atoms. The van der Waals surface area contributed by atoms with Crippen LogP contribution >= 0.6 is 22.6 Å². The Morgan fingerprint density at radius 1 is 1.36 bits per heavy atom. The second-order valence-electron chi connectivity index (χ2n) is 3.88. The minimum atomic E-state index is -0.164. The molecule has 1 aromatic rings. The third-order valence-electron chi connectivity index (χ3n) is 2.41. The van der Waals surface area contributed by atoms with Gasteiger partial charge < -0.3 is 5.73 Å². The third-order valence-corrected chi connectivity index (χ3v) is 3.53. The summed E-state index contributed by atoms with van der Waals surface area (Å²) in [6, 6.07) is 3.42. The highest BCUT2D eigenvalue weighted by molar-refractivity contribution is 14.1. The molecule has 0 aliphatic heterocycles. The maximum atomic E-state index is 13.4. The van der Waals surface area contributed by atoms with Gasteiger partial charge in [-0.1, -0.05) is 13.8 Å². The van der Waals surface area contributed by atoms with Crippen LogP contribution in [0.3, 0.4) is 0 Å². The van der Waals surface area contributed by atoms with Gasteiger partial charge in [0.2, 0.25) is 0 Å². The molecule has 1 aromatic carbocycles. The van der Waals surface area contributed by atoms with Gasteiger partial charge in [-0.3, -0.25) is 0 Å². The van der Waals surface area contributed by atoms with Gasteiger partial charge in [-0.05, 0) is 58.7 Å². The SMILES string of the molecule is Cc1c(F)cc(C(N)C(C)C)cc1I. The molecule has 1 nitrogen and oxygen atoms in total. The van der Waals surface area contributed by atoms with Crippen molar-refractivity contribution in [3.05, 3.63) is 32.6 Å². The lowest BCUT2D eigenvalue weighted by molar-refractivity contribution is 0.509. The van der Waals surface area contributed by atoms with Crippen molar-refractivity contribution in [1.82, 2.24) is 0 Å². The molecule has 0 bridgehead atoms. The van der Waals surface area contributed by atoms with Crippen molar-refractivity contribution >= 4 is 22.6 Å². The van der Waals surface area contributed by atoms with E-state index in [4.69, 9.17) is 5.73 Å². The minimum absolute atomic E-state index is 0.0846. The summed E-state index contributed by atoms with van der Waals surface area (Å²) in [5.41, 5.74) is 7.54. The van der Waals surface area contributed by atoms with E-state index in [0.717, 1.165) is 9.13 Å². The number of rotatable bonds is 2. The maximum Gasteiger partial charge on any atom is 0.127 e. The smallest absolute Gasteiger partial charge is 0.127 e. The first-order valence-corrected chi connectivity index (χ1v) is 5.72. The van der Waals surface area contributed by atoms with Crippen molar-refractivity contribution in [2.45, 2.75) is 26.8 Å². The van der Waals surface area contributed by atoms with Gasteiger partial charge in [0, 0.05) is 9.61 Å². The third kappa shape index (κ3) is 2.45. The van der Waals surface area contributed by atoms with E-state index < -0.39 is 0 Å². The lowest BCUT2D eigenvalue weighted by atomic mass is 9.96. The Bertz CT molecular complexity index is 313. The maximum absolute atomic E-state index is 13.4. The number of hydrogen-bond acceptors (Lipinski definition) is 1. The van der Waals surface area contributed by atoms with E-state index in [1.807, 2.05) is 19.9 Å². The lowest BCUT2D eigenvalue weighted by Crippen LogP contribution is -2.17. The number of nitrogens with two attached hydrogens (primary N) is 1. The zero-order valence-corrected chi connectivity index (χ0v) is 10.8. The fraction of sp³-hybridized carbons (Fsp3) is 0.455. The van der Waals surface area contributed by atoms with Crippen LogP contribution in [0.4, 0.5) is 4.39 Å². The molecular weight excluding hydrogens is 292 g/mol. The number of halogens is 2. The average molecular weight is 307 g/mol. The molecule has 3 heteroatoms. The Kier molecular flexibility index (Phi) is 3.89. The molecule has 0 amide bonds. The summed E-state index contributed by atoms with van der Waals surface area (Å²) in [6.07, 6.45) is 0. The summed E-state index contributed by atoms with van der Waals surface area (Å²) < 4.78 is 14.3. The molecule has 0 aliphatic carbocycles. The van der Waals surface area contributed by atoms with Gasteiger partial charge in [-0.15, -0.1) is 0 Å². The standard InChI is InChI=1S/C11H15FIN/c1-6(2)11(14)8-4-9(12)7(3)10(13)5-8/h4-6,11H,14H2,1-3H3. The zero-order valence-electron chi connectivity index (χ0n) is 8.64. The Morgan fingerprint density at radius 3 is 2.36 bits per heavy atom. The molecule has 0 heterocycles. The molecule has 0 radical (unpaired) electrons. The largest absolute Gasteiger partial charge is 0.324 e. The number of hydrogen-bond donors (Lipinski definition) is 1. The van der Waals surface area contributed by atoms with Crippen molar-refractivity contribution in [2.75, 3.05) is 0 Å². The predicted molar refractivity (Wildman–Crippen MR) is 65.6 cm³/mol. The summed E-state index contributed by atoms with van der Waals surface area (Å²) in [4.78, 5) is 0. The van der Waals surface area contributed by atoms with Crippen molar-refractivity contribution in [1.29, 1.82) is 0 Å². The summed E-state index contributed by atoms with van der Waals surface area (Å²) in [5.74, 6) is 0.163. The highest BCUT2D eigenvalue weighted by atomic mass is 127. The number of benzene rings is 1. The molecule has 1 unspecified atom stereocenters. The van der Waals surface area contributed by atoms with E-state index >= 15 is 0 Å². The van der Waals surface area contributed by atoms with E-state index in [9.17, 15) is 4.39 Å². The first-order valence-electron chi connectivity index (χ1n) is 4.64. The quantitative estimate of drug-likeness (QED) is 0.833. The summed E-state index contributed by atoms with van der Waals surface area (Å²) in [5, 5.41) is 0. The Balaban J connectivity index is 3.12. The van der Waals surface area contributed by atoms with Crippen LogP contribution in [0.25, 0.3) is 0 Å². The zero-order chi connectivity index (χ0) is 10.9. The highest BCUT2D eigenvalue weighted by Gasteiger charge is 2.13. The summed E-state index contributed by atoms with van der Waals surface area (Å²) in [7, 11) is 0. The van der Waals surface area contributed by atoms with Gasteiger partial charge in [-0.25, -0.2) is 4.39 Å². The van der Waals surface area contributed by atoms with Crippen molar-refractivity contribution in [3.63, 3.8) is 0 Å². The van der Waals surface area contributed by atoms with Crippen molar-refractivity contribution < 1.29 is 4.39 Å². The van der Waals surface area contributed by atoms with E-state index in [-0.39, 0.29) is 11.9 Å².